The molecule has 1 aromatic carbocycles. The summed E-state index contributed by atoms with van der Waals surface area (Å²) < 4.78 is 15.2. The second-order valence-electron chi connectivity index (χ2n) is 5.80. The minimum atomic E-state index is -0.550. The van der Waals surface area contributed by atoms with Crippen LogP contribution in [0.5, 0.6) is 0 Å². The fourth-order valence-corrected chi connectivity index (χ4v) is 3.38. The number of rotatable bonds is 8. The summed E-state index contributed by atoms with van der Waals surface area (Å²) in [6.45, 7) is 2.25. The highest BCUT2D eigenvalue weighted by molar-refractivity contribution is 7.99. The van der Waals surface area contributed by atoms with Gasteiger partial charge in [-0.25, -0.2) is 4.39 Å². The molecule has 0 bridgehead atoms. The van der Waals surface area contributed by atoms with Crippen molar-refractivity contribution in [1.29, 1.82) is 0 Å². The third kappa shape index (κ3) is 6.88. The van der Waals surface area contributed by atoms with Crippen LogP contribution in [0.2, 0.25) is 0 Å². The number of aromatic nitrogens is 5. The summed E-state index contributed by atoms with van der Waals surface area (Å²) in [6.07, 6.45) is 1.26. The van der Waals surface area contributed by atoms with Gasteiger partial charge in [0.25, 0.3) is 5.91 Å². The minimum Gasteiger partial charge on any atom is -0.363 e. The van der Waals surface area contributed by atoms with Crippen LogP contribution in [0.1, 0.15) is 21.2 Å². The van der Waals surface area contributed by atoms with E-state index in [0.29, 0.717) is 29.7 Å². The maximum absolute atomic E-state index is 13.5. The van der Waals surface area contributed by atoms with E-state index >= 15 is 0 Å². The summed E-state index contributed by atoms with van der Waals surface area (Å²) in [5.41, 5.74) is 0.0164. The van der Waals surface area contributed by atoms with E-state index in [1.807, 2.05) is 14.0 Å². The van der Waals surface area contributed by atoms with Crippen LogP contribution in [-0.4, -0.2) is 56.5 Å². The zero-order valence-corrected chi connectivity index (χ0v) is 18.4. The van der Waals surface area contributed by atoms with Crippen LogP contribution in [0.4, 0.5) is 9.52 Å². The number of thioether (sulfide) groups is 1. The van der Waals surface area contributed by atoms with Gasteiger partial charge >= 0.3 is 0 Å². The van der Waals surface area contributed by atoms with Crippen LogP contribution in [0.15, 0.2) is 29.4 Å². The largest absolute Gasteiger partial charge is 0.363 e. The molecule has 0 aliphatic heterocycles. The summed E-state index contributed by atoms with van der Waals surface area (Å²) in [5, 5.41) is 23.6. The van der Waals surface area contributed by atoms with Gasteiger partial charge in [-0.1, -0.05) is 35.2 Å². The first-order valence-corrected chi connectivity index (χ1v) is 10.7. The molecule has 0 atom stereocenters. The van der Waals surface area contributed by atoms with Crippen LogP contribution >= 0.6 is 23.1 Å². The Labute approximate surface area is 181 Å². The number of benzene rings is 1. The topological polar surface area (TPSA) is 115 Å². The van der Waals surface area contributed by atoms with Crippen molar-refractivity contribution >= 4 is 40.4 Å². The van der Waals surface area contributed by atoms with Crippen molar-refractivity contribution < 1.29 is 14.0 Å². The molecule has 0 spiro atoms. The summed E-state index contributed by atoms with van der Waals surface area (Å²) in [5.74, 6) is -0.0139. The lowest BCUT2D eigenvalue weighted by atomic mass is 10.2. The van der Waals surface area contributed by atoms with Gasteiger partial charge < -0.3 is 20.0 Å². The van der Waals surface area contributed by atoms with Crippen molar-refractivity contribution in [3.63, 3.8) is 0 Å². The predicted molar refractivity (Wildman–Crippen MR) is 114 cm³/mol. The van der Waals surface area contributed by atoms with E-state index in [9.17, 15) is 14.0 Å². The molecule has 0 aliphatic rings. The van der Waals surface area contributed by atoms with Gasteiger partial charge in [-0.05, 0) is 19.1 Å². The van der Waals surface area contributed by atoms with Gasteiger partial charge in [0.1, 0.15) is 22.9 Å². The lowest BCUT2D eigenvalue weighted by Gasteiger charge is -2.06. The van der Waals surface area contributed by atoms with Gasteiger partial charge in [-0.2, -0.15) is 0 Å². The molecule has 0 saturated heterocycles. The Bertz CT molecular complexity index is 977. The van der Waals surface area contributed by atoms with Crippen molar-refractivity contribution in [3.05, 3.63) is 46.5 Å². The van der Waals surface area contributed by atoms with Gasteiger partial charge in [0.05, 0.1) is 11.3 Å². The quantitative estimate of drug-likeness (QED) is 0.395. The van der Waals surface area contributed by atoms with Crippen LogP contribution in [0.3, 0.4) is 0 Å². The molecule has 2 aromatic heterocycles. The average Bonchev–Trinajstić information content (AvgIpc) is 3.32. The molecule has 3 rings (SSSR count). The van der Waals surface area contributed by atoms with Crippen LogP contribution in [-0.2, 0) is 18.3 Å². The molecule has 30 heavy (non-hydrogen) atoms. The van der Waals surface area contributed by atoms with E-state index in [2.05, 4.69) is 31.0 Å². The third-order valence-corrected chi connectivity index (χ3v) is 5.47. The first kappa shape index (κ1) is 23.4. The Hall–Kier alpha value is -2.86. The maximum Gasteiger partial charge on any atom is 0.254 e. The third-order valence-electron chi connectivity index (χ3n) is 3.70. The number of nitrogens with one attached hydrogen (secondary N) is 2. The van der Waals surface area contributed by atoms with E-state index in [4.69, 9.17) is 0 Å². The smallest absolute Gasteiger partial charge is 0.254 e. The van der Waals surface area contributed by atoms with Gasteiger partial charge in [-0.15, -0.1) is 20.4 Å². The molecule has 2 heterocycles. The number of aryl methyl sites for hydroxylation is 1. The van der Waals surface area contributed by atoms with Crippen LogP contribution in [0, 0.1) is 12.7 Å². The summed E-state index contributed by atoms with van der Waals surface area (Å²) in [7, 11) is 3.63. The molecule has 0 saturated carbocycles. The molecule has 2 N–H and O–H groups in total. The molecule has 160 valence electrons. The fraction of sp³-hybridized carbons (Fsp3) is 0.333. The second kappa shape index (κ2) is 12.0. The Morgan fingerprint density at radius 3 is 2.63 bits per heavy atom. The van der Waals surface area contributed by atoms with E-state index < -0.39 is 11.7 Å². The average molecular weight is 452 g/mol. The van der Waals surface area contributed by atoms with Crippen molar-refractivity contribution in [2.24, 2.45) is 7.05 Å². The number of halogens is 1. The van der Waals surface area contributed by atoms with E-state index in [0.717, 1.165) is 16.4 Å². The lowest BCUT2D eigenvalue weighted by molar-refractivity contribution is -0.105. The van der Waals surface area contributed by atoms with Crippen LogP contribution < -0.4 is 10.6 Å². The molecule has 12 heteroatoms. The zero-order valence-electron chi connectivity index (χ0n) is 16.8. The highest BCUT2D eigenvalue weighted by Gasteiger charge is 2.12. The molecule has 3 aromatic rings. The Morgan fingerprint density at radius 2 is 2.03 bits per heavy atom. The predicted octanol–water partition coefficient (Wildman–Crippen LogP) is 2.11. The number of amides is 1. The SMILES string of the molecule is CNc1nnc(C)s1.Cn1c(CCNC(=O)c2ccccc2F)nnc1SCC=O. The number of carbonyl (C=O) groups is 2. The normalized spacial score (nSPS) is 10.1. The highest BCUT2D eigenvalue weighted by atomic mass is 32.2. The van der Waals surface area contributed by atoms with E-state index in [-0.39, 0.29) is 5.56 Å². The number of anilines is 1. The van der Waals surface area contributed by atoms with Crippen molar-refractivity contribution in [2.75, 3.05) is 24.7 Å². The molecule has 0 fully saturated rings. The van der Waals surface area contributed by atoms with E-state index in [1.54, 1.807) is 29.0 Å². The summed E-state index contributed by atoms with van der Waals surface area (Å²) in [6, 6.07) is 5.82. The number of aldehydes is 1. The first-order chi connectivity index (χ1) is 14.5. The van der Waals surface area contributed by atoms with Gasteiger partial charge in [0.15, 0.2) is 5.16 Å². The van der Waals surface area contributed by atoms with Gasteiger partial charge in [-0.3, -0.25) is 4.79 Å². The number of carbonyl (C=O) groups excluding carboxylic acids is 2. The van der Waals surface area contributed by atoms with Crippen molar-refractivity contribution in [2.45, 2.75) is 18.5 Å². The minimum absolute atomic E-state index is 0.0164. The molecular weight excluding hydrogens is 429 g/mol. The lowest BCUT2D eigenvalue weighted by Crippen LogP contribution is -2.27. The van der Waals surface area contributed by atoms with Gasteiger partial charge in [0.2, 0.25) is 5.13 Å². The molecule has 9 nitrogen and oxygen atoms in total. The Morgan fingerprint density at radius 1 is 1.27 bits per heavy atom. The van der Waals surface area contributed by atoms with Crippen LogP contribution in [0.25, 0.3) is 0 Å². The standard InChI is InChI=1S/C14H15FN4O2S.C4H7N3S/c1-19-12(17-18-14(19)22-9-8-20)6-7-16-13(21)10-4-2-3-5-11(10)15;1-3-6-7-4(5-2)8-3/h2-5,8H,6-7,9H2,1H3,(H,16,21);1-2H3,(H,5,7). The number of nitrogens with zero attached hydrogens (tertiary/aromatic N) is 5. The second-order valence-corrected chi connectivity index (χ2v) is 7.97. The zero-order chi connectivity index (χ0) is 21.9. The monoisotopic (exact) mass is 451 g/mol. The molecule has 0 radical (unpaired) electrons. The van der Waals surface area contributed by atoms with Crippen molar-refractivity contribution in [1.82, 2.24) is 30.3 Å². The highest BCUT2D eigenvalue weighted by Crippen LogP contribution is 2.14. The molecule has 0 aliphatic carbocycles. The number of hydrogen-bond acceptors (Lipinski definition) is 9. The van der Waals surface area contributed by atoms with Gasteiger partial charge in [0, 0.05) is 27.1 Å². The fourth-order valence-electron chi connectivity index (χ4n) is 2.22. The number of hydrogen-bond donors (Lipinski definition) is 2. The van der Waals surface area contributed by atoms with Crippen molar-refractivity contribution in [3.8, 4) is 0 Å². The van der Waals surface area contributed by atoms with E-state index in [1.165, 1.54) is 30.0 Å². The summed E-state index contributed by atoms with van der Waals surface area (Å²) in [4.78, 5) is 22.2. The Balaban J connectivity index is 0.000000335. The first-order valence-electron chi connectivity index (χ1n) is 8.91. The molecular formula is C18H22FN7O2S2. The Kier molecular flexibility index (Phi) is 9.35. The summed E-state index contributed by atoms with van der Waals surface area (Å²) >= 11 is 2.85. The molecule has 1 amide bonds. The molecule has 0 unspecified atom stereocenters. The maximum atomic E-state index is 13.5.